The number of ether oxygens (including phenoxy) is 5. The zero-order chi connectivity index (χ0) is 48.1. The van der Waals surface area contributed by atoms with Gasteiger partial charge < -0.3 is 40.0 Å². The number of esters is 3. The normalized spacial score (nSPS) is 10.8. The molecule has 0 radical (unpaired) electrons. The van der Waals surface area contributed by atoms with Gasteiger partial charge >= 0.3 is 17.9 Å². The summed E-state index contributed by atoms with van der Waals surface area (Å²) in [4.78, 5) is 54.6. The van der Waals surface area contributed by atoms with Gasteiger partial charge in [0.2, 0.25) is 6.54 Å². The summed E-state index contributed by atoms with van der Waals surface area (Å²) in [5, 5.41) is 8.66. The number of carbonyl (C=O) groups is 4. The van der Waals surface area contributed by atoms with E-state index in [-0.39, 0.29) is 25.4 Å². The zero-order valence-electron chi connectivity index (χ0n) is 37.1. The summed E-state index contributed by atoms with van der Waals surface area (Å²) >= 11 is 0. The SMILES string of the molecule is [C-]#[N+]CCCOc1ccc(C(=O)Oc2ccc(/C=C/C(=O)OCc3cc(N)ccc3-c3ccc(N)cc3COC(=O)/C=C/c3ccc(CC(=O)c4ccc(OCCCC#N)cc4)cc3)cc2)cc1. The number of carbonyl (C=O) groups excluding carboxylic acids is 4. The van der Waals surface area contributed by atoms with Crippen LogP contribution in [0.25, 0.3) is 28.1 Å². The summed E-state index contributed by atoms with van der Waals surface area (Å²) in [5.74, 6) is -0.216. The standard InChI is InChI=1S/C55H48N4O9/c1-59-30-4-32-65-48-23-15-42(16-24-48)55(63)68-49-19-9-39(10-20-49)12-28-54(62)67-37-44-35-46(58)18-26-51(44)50-25-17-45(57)34-43(50)36-66-53(61)27-11-38-5-7-40(8-6-38)33-52(60)41-13-21-47(22-14-41)64-31-3-2-29-56/h5-28,34-35H,2-4,30-33,36-37,57-58H2/b27-11+,28-12+. The van der Waals surface area contributed by atoms with Crippen LogP contribution < -0.4 is 25.7 Å². The van der Waals surface area contributed by atoms with Crippen LogP contribution in [-0.2, 0) is 38.7 Å². The summed E-state index contributed by atoms with van der Waals surface area (Å²) in [5.41, 5.74) is 19.0. The molecule has 13 nitrogen and oxygen atoms in total. The van der Waals surface area contributed by atoms with Crippen molar-refractivity contribution < 1.29 is 42.9 Å². The Balaban J connectivity index is 0.990. The third-order valence-electron chi connectivity index (χ3n) is 10.2. The fraction of sp³-hybridized carbons (Fsp3) is 0.164. The summed E-state index contributed by atoms with van der Waals surface area (Å²) in [6, 6.07) is 39.9. The van der Waals surface area contributed by atoms with Gasteiger partial charge in [-0.3, -0.25) is 4.79 Å². The Hall–Kier alpha value is -8.94. The number of nitrogens with two attached hydrogens (primary N) is 2. The molecule has 0 bridgehead atoms. The van der Waals surface area contributed by atoms with E-state index in [1.807, 2.05) is 24.3 Å². The molecule has 0 unspecified atom stereocenters. The smallest absolute Gasteiger partial charge is 0.343 e. The van der Waals surface area contributed by atoms with Gasteiger partial charge in [-0.25, -0.2) is 21.0 Å². The molecule has 0 saturated heterocycles. The Kier molecular flexibility index (Phi) is 17.8. The highest BCUT2D eigenvalue weighted by Crippen LogP contribution is 2.32. The highest BCUT2D eigenvalue weighted by Gasteiger charge is 2.15. The van der Waals surface area contributed by atoms with E-state index in [4.69, 9.17) is 47.0 Å². The molecule has 6 aromatic rings. The second-order valence-corrected chi connectivity index (χ2v) is 15.3. The van der Waals surface area contributed by atoms with E-state index in [1.165, 1.54) is 12.2 Å². The lowest BCUT2D eigenvalue weighted by Gasteiger charge is -2.15. The number of rotatable bonds is 22. The van der Waals surface area contributed by atoms with E-state index < -0.39 is 17.9 Å². The van der Waals surface area contributed by atoms with Crippen LogP contribution >= 0.6 is 0 Å². The first-order valence-electron chi connectivity index (χ1n) is 21.6. The summed E-state index contributed by atoms with van der Waals surface area (Å²) in [6.45, 7) is 7.87. The molecule has 0 fully saturated rings. The molecule has 0 atom stereocenters. The molecular weight excluding hydrogens is 861 g/mol. The van der Waals surface area contributed by atoms with Gasteiger partial charge in [0.15, 0.2) is 5.78 Å². The van der Waals surface area contributed by atoms with Gasteiger partial charge in [0.25, 0.3) is 0 Å². The summed E-state index contributed by atoms with van der Waals surface area (Å²) in [7, 11) is 0. The van der Waals surface area contributed by atoms with Crippen molar-refractivity contribution in [3.8, 4) is 34.4 Å². The monoisotopic (exact) mass is 908 g/mol. The molecule has 68 heavy (non-hydrogen) atoms. The molecule has 0 spiro atoms. The number of hydrogen-bond donors (Lipinski definition) is 2. The van der Waals surface area contributed by atoms with Crippen LogP contribution in [0.15, 0.2) is 146 Å². The number of nitriles is 1. The number of nitrogens with zero attached hydrogens (tertiary/aromatic N) is 2. The van der Waals surface area contributed by atoms with Gasteiger partial charge in [-0.2, -0.15) is 5.26 Å². The predicted molar refractivity (Wildman–Crippen MR) is 259 cm³/mol. The number of benzene rings is 6. The Morgan fingerprint density at radius 1 is 0.603 bits per heavy atom. The van der Waals surface area contributed by atoms with Crippen molar-refractivity contribution in [2.45, 2.75) is 38.9 Å². The number of nitrogen functional groups attached to an aromatic ring is 2. The van der Waals surface area contributed by atoms with E-state index in [1.54, 1.807) is 121 Å². The van der Waals surface area contributed by atoms with Crippen LogP contribution in [0.2, 0.25) is 0 Å². The second-order valence-electron chi connectivity index (χ2n) is 15.3. The largest absolute Gasteiger partial charge is 0.494 e. The van der Waals surface area contributed by atoms with E-state index in [9.17, 15) is 19.2 Å². The van der Waals surface area contributed by atoms with Crippen LogP contribution in [-0.4, -0.2) is 43.4 Å². The molecule has 6 rings (SSSR count). The van der Waals surface area contributed by atoms with E-state index in [0.717, 1.165) is 11.1 Å². The third kappa shape index (κ3) is 15.1. The Morgan fingerprint density at radius 2 is 1.09 bits per heavy atom. The van der Waals surface area contributed by atoms with Crippen molar-refractivity contribution in [1.29, 1.82) is 5.26 Å². The van der Waals surface area contributed by atoms with Crippen molar-refractivity contribution in [3.05, 3.63) is 196 Å². The van der Waals surface area contributed by atoms with Gasteiger partial charge in [-0.15, -0.1) is 0 Å². The molecule has 0 aromatic heterocycles. The molecule has 0 aliphatic rings. The van der Waals surface area contributed by atoms with Crippen molar-refractivity contribution in [3.63, 3.8) is 0 Å². The van der Waals surface area contributed by atoms with Crippen LogP contribution in [0.4, 0.5) is 11.4 Å². The van der Waals surface area contributed by atoms with Crippen molar-refractivity contribution in [2.24, 2.45) is 0 Å². The maximum atomic E-state index is 12.9. The van der Waals surface area contributed by atoms with Gasteiger partial charge in [0, 0.05) is 41.9 Å². The molecule has 0 saturated carbocycles. The fourth-order valence-electron chi connectivity index (χ4n) is 6.66. The first kappa shape index (κ1) is 48.5. The van der Waals surface area contributed by atoms with E-state index in [0.29, 0.717) is 107 Å². The Bertz CT molecular complexity index is 2640. The minimum absolute atomic E-state index is 0.0471. The summed E-state index contributed by atoms with van der Waals surface area (Å²) in [6.07, 6.45) is 7.69. The maximum absolute atomic E-state index is 12.9. The first-order chi connectivity index (χ1) is 33.1. The lowest BCUT2D eigenvalue weighted by Crippen LogP contribution is -2.08. The number of Topliss-reactive ketones (excluding diaryl/α,β-unsaturated/α-hetero) is 1. The maximum Gasteiger partial charge on any atom is 0.343 e. The lowest BCUT2D eigenvalue weighted by atomic mass is 9.95. The topological polar surface area (TPSA) is 195 Å². The average molecular weight is 909 g/mol. The zero-order valence-corrected chi connectivity index (χ0v) is 37.1. The van der Waals surface area contributed by atoms with Crippen LogP contribution in [0.5, 0.6) is 17.2 Å². The van der Waals surface area contributed by atoms with Crippen molar-refractivity contribution in [2.75, 3.05) is 31.2 Å². The third-order valence-corrected chi connectivity index (χ3v) is 10.2. The minimum atomic E-state index is -0.605. The highest BCUT2D eigenvalue weighted by molar-refractivity contribution is 5.97. The van der Waals surface area contributed by atoms with Crippen LogP contribution in [0.1, 0.15) is 67.8 Å². The van der Waals surface area contributed by atoms with Crippen molar-refractivity contribution >= 4 is 47.2 Å². The molecule has 342 valence electrons. The fourth-order valence-corrected chi connectivity index (χ4v) is 6.66. The second kappa shape index (κ2) is 24.9. The summed E-state index contributed by atoms with van der Waals surface area (Å²) < 4.78 is 27.9. The minimum Gasteiger partial charge on any atom is -0.494 e. The van der Waals surface area contributed by atoms with Gasteiger partial charge in [-0.1, -0.05) is 48.5 Å². The van der Waals surface area contributed by atoms with Gasteiger partial charge in [-0.05, 0) is 142 Å². The first-order valence-corrected chi connectivity index (χ1v) is 21.6. The van der Waals surface area contributed by atoms with Crippen LogP contribution in [0, 0.1) is 17.9 Å². The molecule has 0 aliphatic heterocycles. The lowest BCUT2D eigenvalue weighted by molar-refractivity contribution is -0.139. The van der Waals surface area contributed by atoms with Crippen molar-refractivity contribution in [1.82, 2.24) is 0 Å². The Labute approximate surface area is 394 Å². The van der Waals surface area contributed by atoms with Gasteiger partial charge in [0.05, 0.1) is 31.3 Å². The Morgan fingerprint density at radius 3 is 1.60 bits per heavy atom. The number of ketones is 1. The molecular formula is C55H48N4O9. The molecule has 0 aliphatic carbocycles. The van der Waals surface area contributed by atoms with Crippen LogP contribution in [0.3, 0.4) is 0 Å². The van der Waals surface area contributed by atoms with Gasteiger partial charge in [0.1, 0.15) is 30.5 Å². The molecule has 0 heterocycles. The molecule has 6 aromatic carbocycles. The predicted octanol–water partition coefficient (Wildman–Crippen LogP) is 10.0. The molecule has 13 heteroatoms. The number of hydrogen-bond acceptors (Lipinski definition) is 12. The molecule has 4 N–H and O–H groups in total. The van der Waals surface area contributed by atoms with E-state index in [2.05, 4.69) is 10.9 Å². The quantitative estimate of drug-likeness (QED) is 0.0125. The average Bonchev–Trinajstić information content (AvgIpc) is 3.35. The highest BCUT2D eigenvalue weighted by atomic mass is 16.5. The molecule has 0 amide bonds. The number of unbranched alkanes of at least 4 members (excludes halogenated alkanes) is 1. The number of anilines is 2. The van der Waals surface area contributed by atoms with E-state index >= 15 is 0 Å².